The first-order valence-corrected chi connectivity index (χ1v) is 8.35. The number of amides is 1. The summed E-state index contributed by atoms with van der Waals surface area (Å²) in [6.07, 6.45) is 2.61. The Balaban J connectivity index is 1.66. The Hall–Kier alpha value is -2.21. The Morgan fingerprint density at radius 1 is 1.33 bits per heavy atom. The maximum atomic E-state index is 13.1. The van der Waals surface area contributed by atoms with Crippen molar-refractivity contribution in [3.8, 4) is 5.69 Å². The molecule has 1 fully saturated rings. The summed E-state index contributed by atoms with van der Waals surface area (Å²) in [7, 11) is 0. The first-order valence-electron chi connectivity index (χ1n) is 8.35. The summed E-state index contributed by atoms with van der Waals surface area (Å²) in [5.74, 6) is -0.110. The molecule has 3 rings (SSSR count). The highest BCUT2D eigenvalue weighted by molar-refractivity contribution is 5.76. The first-order chi connectivity index (χ1) is 11.5. The normalized spacial score (nSPS) is 17.8. The first kappa shape index (κ1) is 16.6. The lowest BCUT2D eigenvalue weighted by atomic mass is 10.0. The van der Waals surface area contributed by atoms with Gasteiger partial charge in [0.15, 0.2) is 0 Å². The number of halogens is 1. The Labute approximate surface area is 141 Å². The number of nitrogens with one attached hydrogen (secondary N) is 2. The summed E-state index contributed by atoms with van der Waals surface area (Å²) >= 11 is 0. The molecule has 0 aliphatic carbocycles. The molecule has 0 bridgehead atoms. The molecule has 5 nitrogen and oxygen atoms in total. The second-order valence-electron chi connectivity index (χ2n) is 6.33. The molecule has 2 aromatic rings. The number of hydrogen-bond acceptors (Lipinski definition) is 3. The molecule has 0 radical (unpaired) electrons. The van der Waals surface area contributed by atoms with E-state index in [4.69, 9.17) is 0 Å². The van der Waals surface area contributed by atoms with Gasteiger partial charge in [-0.1, -0.05) is 0 Å². The molecule has 1 aromatic carbocycles. The third-order valence-corrected chi connectivity index (χ3v) is 4.53. The lowest BCUT2D eigenvalue weighted by Crippen LogP contribution is -2.44. The second kappa shape index (κ2) is 7.13. The van der Waals surface area contributed by atoms with Gasteiger partial charge in [-0.25, -0.2) is 9.07 Å². The summed E-state index contributed by atoms with van der Waals surface area (Å²) in [5.41, 5.74) is 3.99. The van der Waals surface area contributed by atoms with E-state index in [9.17, 15) is 9.18 Å². The monoisotopic (exact) mass is 330 g/mol. The predicted octanol–water partition coefficient (Wildman–Crippen LogP) is 2.39. The number of hydrogen-bond donors (Lipinski definition) is 2. The molecule has 0 unspecified atom stereocenters. The van der Waals surface area contributed by atoms with E-state index >= 15 is 0 Å². The maximum Gasteiger partial charge on any atom is 0.220 e. The minimum absolute atomic E-state index is 0.143. The van der Waals surface area contributed by atoms with Gasteiger partial charge in [-0.3, -0.25) is 4.79 Å². The van der Waals surface area contributed by atoms with E-state index in [1.54, 1.807) is 12.1 Å². The van der Waals surface area contributed by atoms with Crippen LogP contribution >= 0.6 is 0 Å². The lowest BCUT2D eigenvalue weighted by molar-refractivity contribution is -0.123. The van der Waals surface area contributed by atoms with Gasteiger partial charge in [-0.15, -0.1) is 0 Å². The molecule has 1 saturated heterocycles. The van der Waals surface area contributed by atoms with Crippen LogP contribution in [0.3, 0.4) is 0 Å². The number of carbonyl (C=O) groups excluding carboxylic acids is 1. The van der Waals surface area contributed by atoms with E-state index in [1.165, 1.54) is 12.1 Å². The molecule has 6 heteroatoms. The van der Waals surface area contributed by atoms with Gasteiger partial charge in [0.1, 0.15) is 5.82 Å². The highest BCUT2D eigenvalue weighted by Gasteiger charge is 2.18. The van der Waals surface area contributed by atoms with Gasteiger partial charge in [0.05, 0.1) is 11.4 Å². The maximum absolute atomic E-state index is 13.1. The molecular weight excluding hydrogens is 307 g/mol. The Bertz CT molecular complexity index is 723. The topological polar surface area (TPSA) is 59.0 Å². The van der Waals surface area contributed by atoms with Crippen LogP contribution in [0.15, 0.2) is 24.3 Å². The van der Waals surface area contributed by atoms with Gasteiger partial charge < -0.3 is 10.6 Å². The molecule has 2 N–H and O–H groups in total. The van der Waals surface area contributed by atoms with Crippen molar-refractivity contribution in [3.05, 3.63) is 47.0 Å². The van der Waals surface area contributed by atoms with Crippen molar-refractivity contribution in [2.24, 2.45) is 0 Å². The van der Waals surface area contributed by atoms with Crippen LogP contribution in [0.25, 0.3) is 5.69 Å². The molecular formula is C18H23FN4O. The molecule has 24 heavy (non-hydrogen) atoms. The highest BCUT2D eigenvalue weighted by Crippen LogP contribution is 2.18. The van der Waals surface area contributed by atoms with Crippen molar-refractivity contribution in [2.75, 3.05) is 6.54 Å². The van der Waals surface area contributed by atoms with Crippen LogP contribution in [0.5, 0.6) is 0 Å². The van der Waals surface area contributed by atoms with Crippen LogP contribution in [-0.4, -0.2) is 28.3 Å². The molecule has 0 saturated carbocycles. The third-order valence-electron chi connectivity index (χ3n) is 4.53. The van der Waals surface area contributed by atoms with E-state index in [0.29, 0.717) is 13.0 Å². The van der Waals surface area contributed by atoms with Gasteiger partial charge in [-0.05, 0) is 51.0 Å². The number of benzene rings is 1. The van der Waals surface area contributed by atoms with Gasteiger partial charge in [0, 0.05) is 36.8 Å². The SMILES string of the molecule is Cc1nn(-c2ccc(F)cc2)c(C)c1CNC[C@H]1CCCC(=O)N1. The smallest absolute Gasteiger partial charge is 0.220 e. The zero-order chi connectivity index (χ0) is 17.1. The molecule has 1 amide bonds. The largest absolute Gasteiger partial charge is 0.352 e. The van der Waals surface area contributed by atoms with Gasteiger partial charge in [-0.2, -0.15) is 5.10 Å². The highest BCUT2D eigenvalue weighted by atomic mass is 19.1. The molecule has 0 spiro atoms. The van der Waals surface area contributed by atoms with Crippen LogP contribution in [0, 0.1) is 19.7 Å². The average molecular weight is 330 g/mol. The summed E-state index contributed by atoms with van der Waals surface area (Å²) in [5, 5.41) is 11.0. The fourth-order valence-electron chi connectivity index (χ4n) is 3.17. The van der Waals surface area contributed by atoms with Crippen LogP contribution in [0.2, 0.25) is 0 Å². The van der Waals surface area contributed by atoms with Gasteiger partial charge in [0.25, 0.3) is 0 Å². The molecule has 2 heterocycles. The summed E-state index contributed by atoms with van der Waals surface area (Å²) in [4.78, 5) is 11.4. The third kappa shape index (κ3) is 3.64. The van der Waals surface area contributed by atoms with E-state index in [1.807, 2.05) is 18.5 Å². The average Bonchev–Trinajstić information content (AvgIpc) is 2.84. The van der Waals surface area contributed by atoms with Crippen molar-refractivity contribution in [2.45, 2.75) is 45.7 Å². The van der Waals surface area contributed by atoms with E-state index in [2.05, 4.69) is 15.7 Å². The fourth-order valence-corrected chi connectivity index (χ4v) is 3.17. The summed E-state index contributed by atoms with van der Waals surface area (Å²) in [6, 6.07) is 6.54. The predicted molar refractivity (Wildman–Crippen MR) is 90.5 cm³/mol. The number of nitrogens with zero attached hydrogens (tertiary/aromatic N) is 2. The Kier molecular flexibility index (Phi) is 4.94. The number of carbonyl (C=O) groups is 1. The Morgan fingerprint density at radius 3 is 2.79 bits per heavy atom. The second-order valence-corrected chi connectivity index (χ2v) is 6.33. The minimum atomic E-state index is -0.253. The fraction of sp³-hybridized carbons (Fsp3) is 0.444. The molecule has 1 aliphatic heterocycles. The zero-order valence-corrected chi connectivity index (χ0v) is 14.1. The number of rotatable bonds is 5. The zero-order valence-electron chi connectivity index (χ0n) is 14.1. The van der Waals surface area contributed by atoms with Gasteiger partial charge >= 0.3 is 0 Å². The van der Waals surface area contributed by atoms with Crippen molar-refractivity contribution in [3.63, 3.8) is 0 Å². The van der Waals surface area contributed by atoms with E-state index < -0.39 is 0 Å². The molecule has 128 valence electrons. The quantitative estimate of drug-likeness (QED) is 0.885. The summed E-state index contributed by atoms with van der Waals surface area (Å²) in [6.45, 7) is 5.45. The van der Waals surface area contributed by atoms with Crippen molar-refractivity contribution in [1.82, 2.24) is 20.4 Å². The number of aryl methyl sites for hydroxylation is 1. The van der Waals surface area contributed by atoms with Crippen LogP contribution in [0.1, 0.15) is 36.2 Å². The van der Waals surface area contributed by atoms with Crippen molar-refractivity contribution < 1.29 is 9.18 Å². The van der Waals surface area contributed by atoms with E-state index in [0.717, 1.165) is 42.0 Å². The van der Waals surface area contributed by atoms with E-state index in [-0.39, 0.29) is 17.8 Å². The van der Waals surface area contributed by atoms with Crippen molar-refractivity contribution in [1.29, 1.82) is 0 Å². The number of aromatic nitrogens is 2. The van der Waals surface area contributed by atoms with Crippen molar-refractivity contribution >= 4 is 5.91 Å². The van der Waals surface area contributed by atoms with Crippen LogP contribution in [0.4, 0.5) is 4.39 Å². The van der Waals surface area contributed by atoms with Crippen LogP contribution < -0.4 is 10.6 Å². The minimum Gasteiger partial charge on any atom is -0.352 e. The molecule has 1 aromatic heterocycles. The molecule has 1 aliphatic rings. The molecule has 1 atom stereocenters. The van der Waals surface area contributed by atoms with Gasteiger partial charge in [0.2, 0.25) is 5.91 Å². The van der Waals surface area contributed by atoms with Crippen LogP contribution in [-0.2, 0) is 11.3 Å². The lowest BCUT2D eigenvalue weighted by Gasteiger charge is -2.23. The Morgan fingerprint density at radius 2 is 2.08 bits per heavy atom. The standard InChI is InChI=1S/C18H23FN4O/c1-12-17(11-20-10-15-4-3-5-18(24)21-15)13(2)23(22-12)16-8-6-14(19)7-9-16/h6-9,15,20H,3-5,10-11H2,1-2H3,(H,21,24)/t15-/m1/s1. The number of piperidine rings is 1. The summed E-state index contributed by atoms with van der Waals surface area (Å²) < 4.78 is 14.9.